The lowest BCUT2D eigenvalue weighted by molar-refractivity contribution is 0.0667. The Balaban J connectivity index is 1.52. The lowest BCUT2D eigenvalue weighted by Crippen LogP contribution is -2.50. The quantitative estimate of drug-likeness (QED) is 0.603. The first-order valence-electron chi connectivity index (χ1n) is 9.11. The van der Waals surface area contributed by atoms with Gasteiger partial charge in [0.15, 0.2) is 5.76 Å². The zero-order valence-corrected chi connectivity index (χ0v) is 17.4. The molecule has 1 aromatic heterocycles. The molecule has 4 rings (SSSR count). The molecule has 1 aliphatic rings. The van der Waals surface area contributed by atoms with Gasteiger partial charge in [-0.25, -0.2) is 17.2 Å². The summed E-state index contributed by atoms with van der Waals surface area (Å²) in [5.41, 5.74) is 1.19. The van der Waals surface area contributed by atoms with E-state index >= 15 is 0 Å². The predicted molar refractivity (Wildman–Crippen MR) is 107 cm³/mol. The van der Waals surface area contributed by atoms with E-state index < -0.39 is 26.6 Å². The molecular formula is C20H17ClF2N2O4S. The third-order valence-corrected chi connectivity index (χ3v) is 7.30. The second-order valence-corrected chi connectivity index (χ2v) is 9.31. The van der Waals surface area contributed by atoms with E-state index in [0.29, 0.717) is 22.2 Å². The SMILES string of the molecule is Cc1c(C(=O)N2CCN(S(=O)(=O)c3ccc(F)cc3F)CC2)oc2ccc(Cl)cc12. The normalized spacial score (nSPS) is 15.7. The summed E-state index contributed by atoms with van der Waals surface area (Å²) in [7, 11) is -4.14. The Morgan fingerprint density at radius 3 is 2.43 bits per heavy atom. The summed E-state index contributed by atoms with van der Waals surface area (Å²) < 4.78 is 59.2. The molecule has 0 N–H and O–H groups in total. The van der Waals surface area contributed by atoms with Crippen LogP contribution in [0.1, 0.15) is 16.1 Å². The van der Waals surface area contributed by atoms with Gasteiger partial charge in [-0.3, -0.25) is 4.79 Å². The second kappa shape index (κ2) is 7.64. The van der Waals surface area contributed by atoms with E-state index in [1.54, 1.807) is 25.1 Å². The Hall–Kier alpha value is -2.49. The topological polar surface area (TPSA) is 70.8 Å². The Morgan fingerprint density at radius 1 is 1.07 bits per heavy atom. The maximum Gasteiger partial charge on any atom is 0.289 e. The Kier molecular flexibility index (Phi) is 5.29. The molecule has 0 spiro atoms. The lowest BCUT2D eigenvalue weighted by atomic mass is 10.1. The number of rotatable bonds is 3. The van der Waals surface area contributed by atoms with Gasteiger partial charge in [-0.2, -0.15) is 4.31 Å². The lowest BCUT2D eigenvalue weighted by Gasteiger charge is -2.33. The van der Waals surface area contributed by atoms with E-state index in [2.05, 4.69) is 0 Å². The average molecular weight is 455 g/mol. The third-order valence-electron chi connectivity index (χ3n) is 5.13. The number of piperazine rings is 1. The van der Waals surface area contributed by atoms with Gasteiger partial charge in [-0.1, -0.05) is 11.6 Å². The van der Waals surface area contributed by atoms with Crippen LogP contribution >= 0.6 is 11.6 Å². The van der Waals surface area contributed by atoms with E-state index in [0.717, 1.165) is 21.8 Å². The summed E-state index contributed by atoms with van der Waals surface area (Å²) in [6.07, 6.45) is 0. The number of sulfonamides is 1. The minimum absolute atomic E-state index is 0.0179. The first kappa shape index (κ1) is 20.8. The van der Waals surface area contributed by atoms with E-state index in [-0.39, 0.29) is 37.8 Å². The number of hydrogen-bond donors (Lipinski definition) is 0. The number of nitrogens with zero attached hydrogens (tertiary/aromatic N) is 2. The van der Waals surface area contributed by atoms with Crippen molar-refractivity contribution in [3.8, 4) is 0 Å². The van der Waals surface area contributed by atoms with Crippen molar-refractivity contribution in [2.45, 2.75) is 11.8 Å². The van der Waals surface area contributed by atoms with Crippen molar-refractivity contribution in [2.75, 3.05) is 26.2 Å². The largest absolute Gasteiger partial charge is 0.451 e. The van der Waals surface area contributed by atoms with Crippen molar-refractivity contribution in [2.24, 2.45) is 0 Å². The number of carbonyl (C=O) groups is 1. The van der Waals surface area contributed by atoms with Crippen LogP contribution in [0.4, 0.5) is 8.78 Å². The van der Waals surface area contributed by atoms with E-state index in [1.165, 1.54) is 4.90 Å². The Labute approximate surface area is 176 Å². The molecule has 158 valence electrons. The summed E-state index contributed by atoms with van der Waals surface area (Å²) in [6, 6.07) is 7.40. The number of furan rings is 1. The number of carbonyl (C=O) groups excluding carboxylic acids is 1. The summed E-state index contributed by atoms with van der Waals surface area (Å²) in [5.74, 6) is -2.19. The zero-order valence-electron chi connectivity index (χ0n) is 15.9. The van der Waals surface area contributed by atoms with Crippen LogP contribution in [0, 0.1) is 18.6 Å². The van der Waals surface area contributed by atoms with Crippen LogP contribution in [0.3, 0.4) is 0 Å². The molecule has 0 bridgehead atoms. The molecule has 0 atom stereocenters. The van der Waals surface area contributed by atoms with E-state index in [1.807, 2.05) is 0 Å². The molecule has 1 amide bonds. The molecule has 0 aliphatic carbocycles. The van der Waals surface area contributed by atoms with Gasteiger partial charge in [0.2, 0.25) is 10.0 Å². The van der Waals surface area contributed by atoms with Crippen LogP contribution in [-0.4, -0.2) is 49.7 Å². The number of fused-ring (bicyclic) bond motifs is 1. The summed E-state index contributed by atoms with van der Waals surface area (Å²) in [5, 5.41) is 1.26. The second-order valence-electron chi connectivity index (χ2n) is 6.97. The third kappa shape index (κ3) is 3.57. The molecular weight excluding hydrogens is 438 g/mol. The maximum absolute atomic E-state index is 14.0. The number of aryl methyl sites for hydroxylation is 1. The predicted octanol–water partition coefficient (Wildman–Crippen LogP) is 3.82. The van der Waals surface area contributed by atoms with Gasteiger partial charge in [0.1, 0.15) is 22.1 Å². The Morgan fingerprint density at radius 2 is 1.77 bits per heavy atom. The molecule has 0 radical (unpaired) electrons. The van der Waals surface area contributed by atoms with Crippen molar-refractivity contribution < 1.29 is 26.4 Å². The van der Waals surface area contributed by atoms with Crippen molar-refractivity contribution in [1.82, 2.24) is 9.21 Å². The van der Waals surface area contributed by atoms with Crippen LogP contribution in [0.25, 0.3) is 11.0 Å². The standard InChI is InChI=1S/C20H17ClF2N2O4S/c1-12-15-10-13(21)2-4-17(15)29-19(12)20(26)24-6-8-25(9-7-24)30(27,28)18-5-3-14(22)11-16(18)23/h2-5,10-11H,6-9H2,1H3. The first-order valence-corrected chi connectivity index (χ1v) is 10.9. The smallest absolute Gasteiger partial charge is 0.289 e. The average Bonchev–Trinajstić information content (AvgIpc) is 3.03. The van der Waals surface area contributed by atoms with Crippen LogP contribution < -0.4 is 0 Å². The Bertz CT molecular complexity index is 1250. The highest BCUT2D eigenvalue weighted by molar-refractivity contribution is 7.89. The molecule has 30 heavy (non-hydrogen) atoms. The number of amides is 1. The van der Waals surface area contributed by atoms with Crippen LogP contribution in [0.15, 0.2) is 45.7 Å². The molecule has 2 aromatic carbocycles. The fraction of sp³-hybridized carbons (Fsp3) is 0.250. The molecule has 0 saturated carbocycles. The highest BCUT2D eigenvalue weighted by Crippen LogP contribution is 2.29. The van der Waals surface area contributed by atoms with E-state index in [4.69, 9.17) is 16.0 Å². The van der Waals surface area contributed by atoms with Gasteiger partial charge in [0, 0.05) is 48.2 Å². The first-order chi connectivity index (χ1) is 14.2. The van der Waals surface area contributed by atoms with Gasteiger partial charge in [-0.15, -0.1) is 0 Å². The molecule has 2 heterocycles. The van der Waals surface area contributed by atoms with Gasteiger partial charge in [0.05, 0.1) is 0 Å². The monoisotopic (exact) mass is 454 g/mol. The van der Waals surface area contributed by atoms with Crippen LogP contribution in [0.5, 0.6) is 0 Å². The van der Waals surface area contributed by atoms with Gasteiger partial charge < -0.3 is 9.32 Å². The fourth-order valence-corrected chi connectivity index (χ4v) is 5.14. The van der Waals surface area contributed by atoms with Crippen LogP contribution in [0.2, 0.25) is 5.02 Å². The molecule has 1 aliphatic heterocycles. The summed E-state index contributed by atoms with van der Waals surface area (Å²) in [6.45, 7) is 1.94. The minimum atomic E-state index is -4.14. The van der Waals surface area contributed by atoms with Gasteiger partial charge >= 0.3 is 0 Å². The molecule has 10 heteroatoms. The number of halogens is 3. The highest BCUT2D eigenvalue weighted by Gasteiger charge is 2.33. The van der Waals surface area contributed by atoms with Crippen LogP contribution in [-0.2, 0) is 10.0 Å². The van der Waals surface area contributed by atoms with Crippen molar-refractivity contribution in [3.63, 3.8) is 0 Å². The molecule has 0 unspecified atom stereocenters. The molecule has 3 aromatic rings. The molecule has 1 saturated heterocycles. The summed E-state index contributed by atoms with van der Waals surface area (Å²) >= 11 is 6.01. The number of benzene rings is 2. The van der Waals surface area contributed by atoms with Gasteiger partial charge in [-0.05, 0) is 37.3 Å². The van der Waals surface area contributed by atoms with Crippen molar-refractivity contribution in [3.05, 3.63) is 64.4 Å². The molecule has 6 nitrogen and oxygen atoms in total. The minimum Gasteiger partial charge on any atom is -0.451 e. The maximum atomic E-state index is 14.0. The summed E-state index contributed by atoms with van der Waals surface area (Å²) in [4.78, 5) is 13.8. The molecule has 1 fully saturated rings. The fourth-order valence-electron chi connectivity index (χ4n) is 3.50. The van der Waals surface area contributed by atoms with E-state index in [9.17, 15) is 22.0 Å². The number of hydrogen-bond acceptors (Lipinski definition) is 4. The van der Waals surface area contributed by atoms with Gasteiger partial charge in [0.25, 0.3) is 5.91 Å². The van der Waals surface area contributed by atoms with Crippen molar-refractivity contribution in [1.29, 1.82) is 0 Å². The van der Waals surface area contributed by atoms with Crippen molar-refractivity contribution >= 4 is 38.5 Å². The zero-order chi connectivity index (χ0) is 21.6. The highest BCUT2D eigenvalue weighted by atomic mass is 35.5.